The van der Waals surface area contributed by atoms with Gasteiger partial charge in [-0.25, -0.2) is 0 Å². The highest BCUT2D eigenvalue weighted by Gasteiger charge is 2.65. The molecule has 4 saturated carbocycles. The summed E-state index contributed by atoms with van der Waals surface area (Å²) in [7, 11) is 0. The van der Waals surface area contributed by atoms with Crippen LogP contribution in [0.4, 0.5) is 0 Å². The molecule has 0 aromatic carbocycles. The summed E-state index contributed by atoms with van der Waals surface area (Å²) in [6.45, 7) is 0. The highest BCUT2D eigenvalue weighted by molar-refractivity contribution is 5.82. The van der Waals surface area contributed by atoms with Crippen molar-refractivity contribution in [1.82, 2.24) is 10.6 Å². The van der Waals surface area contributed by atoms with Gasteiger partial charge < -0.3 is 10.6 Å². The van der Waals surface area contributed by atoms with Crippen molar-refractivity contribution >= 4 is 5.91 Å². The maximum atomic E-state index is 12.6. The third-order valence-electron chi connectivity index (χ3n) is 7.51. The molecule has 0 radical (unpaired) electrons. The van der Waals surface area contributed by atoms with E-state index in [0.29, 0.717) is 18.0 Å². The Bertz CT molecular complexity index is 434. The van der Waals surface area contributed by atoms with Gasteiger partial charge in [-0.15, -0.1) is 0 Å². The summed E-state index contributed by atoms with van der Waals surface area (Å²) in [4.78, 5) is 12.6. The molecule has 21 heavy (non-hydrogen) atoms. The molecule has 116 valence electrons. The Morgan fingerprint density at radius 2 is 1.57 bits per heavy atom. The van der Waals surface area contributed by atoms with E-state index in [9.17, 15) is 4.79 Å². The van der Waals surface area contributed by atoms with E-state index in [0.717, 1.165) is 36.0 Å². The minimum atomic E-state index is 0.100. The molecule has 5 fully saturated rings. The van der Waals surface area contributed by atoms with Crippen LogP contribution in [0, 0.1) is 29.6 Å². The normalized spacial score (nSPS) is 53.9. The van der Waals surface area contributed by atoms with Gasteiger partial charge in [0.15, 0.2) is 0 Å². The molecular formula is C18H28N2O. The standard InChI is InChI=1S/C18H28N2O/c21-18(14-8-7-10-3-1-2-4-13(10)19-14)20-17-15-11-5-6-12(9-11)16(15)17/h10-17,19H,1-9H2,(H,20,21). The van der Waals surface area contributed by atoms with Crippen molar-refractivity contribution in [3.05, 3.63) is 0 Å². The summed E-state index contributed by atoms with van der Waals surface area (Å²) in [6.07, 6.45) is 12.1. The van der Waals surface area contributed by atoms with E-state index in [2.05, 4.69) is 10.6 Å². The summed E-state index contributed by atoms with van der Waals surface area (Å²) in [5.74, 6) is 4.79. The van der Waals surface area contributed by atoms with Crippen LogP contribution >= 0.6 is 0 Å². The molecule has 5 aliphatic rings. The van der Waals surface area contributed by atoms with E-state index in [1.807, 2.05) is 0 Å². The fourth-order valence-electron chi connectivity index (χ4n) is 6.49. The topological polar surface area (TPSA) is 41.1 Å². The summed E-state index contributed by atoms with van der Waals surface area (Å²) < 4.78 is 0. The predicted molar refractivity (Wildman–Crippen MR) is 81.6 cm³/mol. The Balaban J connectivity index is 1.19. The number of piperidine rings is 1. The van der Waals surface area contributed by atoms with Crippen molar-refractivity contribution in [2.24, 2.45) is 29.6 Å². The molecule has 0 aromatic heterocycles. The van der Waals surface area contributed by atoms with Crippen LogP contribution in [0.3, 0.4) is 0 Å². The number of rotatable bonds is 2. The van der Waals surface area contributed by atoms with Crippen LogP contribution in [-0.4, -0.2) is 24.0 Å². The van der Waals surface area contributed by atoms with Crippen molar-refractivity contribution < 1.29 is 4.79 Å². The van der Waals surface area contributed by atoms with Gasteiger partial charge in [-0.05, 0) is 74.5 Å². The molecule has 0 aromatic rings. The Morgan fingerprint density at radius 3 is 2.38 bits per heavy atom. The lowest BCUT2D eigenvalue weighted by molar-refractivity contribution is -0.124. The van der Waals surface area contributed by atoms with Crippen LogP contribution in [0.15, 0.2) is 0 Å². The summed E-state index contributed by atoms with van der Waals surface area (Å²) in [6, 6.07) is 1.27. The van der Waals surface area contributed by atoms with Gasteiger partial charge in [0.25, 0.3) is 0 Å². The lowest BCUT2D eigenvalue weighted by atomic mass is 9.77. The van der Waals surface area contributed by atoms with E-state index in [1.54, 1.807) is 0 Å². The molecule has 0 spiro atoms. The lowest BCUT2D eigenvalue weighted by Crippen LogP contribution is -2.55. The van der Waals surface area contributed by atoms with Crippen molar-refractivity contribution in [3.8, 4) is 0 Å². The molecular weight excluding hydrogens is 260 g/mol. The number of nitrogens with one attached hydrogen (secondary N) is 2. The second kappa shape index (κ2) is 4.71. The van der Waals surface area contributed by atoms with Gasteiger partial charge in [-0.3, -0.25) is 4.79 Å². The fourth-order valence-corrected chi connectivity index (χ4v) is 6.49. The summed E-state index contributed by atoms with van der Waals surface area (Å²) >= 11 is 0. The first kappa shape index (κ1) is 12.9. The zero-order valence-corrected chi connectivity index (χ0v) is 12.9. The molecule has 7 unspecified atom stereocenters. The average Bonchev–Trinajstić information content (AvgIpc) is 2.91. The number of fused-ring (bicyclic) bond motifs is 6. The second-order valence-corrected chi connectivity index (χ2v) is 8.47. The maximum absolute atomic E-state index is 12.6. The van der Waals surface area contributed by atoms with Gasteiger partial charge >= 0.3 is 0 Å². The van der Waals surface area contributed by atoms with Crippen LogP contribution in [0.1, 0.15) is 57.8 Å². The highest BCUT2D eigenvalue weighted by Crippen LogP contribution is 2.65. The SMILES string of the molecule is O=C(NC1C2C3CCC(C3)C12)C1CCC2CCCCC2N1. The molecule has 1 heterocycles. The first-order valence-electron chi connectivity index (χ1n) is 9.37. The van der Waals surface area contributed by atoms with Gasteiger partial charge in [0.2, 0.25) is 5.91 Å². The molecule has 3 nitrogen and oxygen atoms in total. The first-order chi connectivity index (χ1) is 10.3. The lowest BCUT2D eigenvalue weighted by Gasteiger charge is -2.40. The average molecular weight is 288 g/mol. The molecule has 4 aliphatic carbocycles. The van der Waals surface area contributed by atoms with Crippen LogP contribution < -0.4 is 10.6 Å². The summed E-state index contributed by atoms with van der Waals surface area (Å²) in [5, 5.41) is 7.10. The number of hydrogen-bond donors (Lipinski definition) is 2. The molecule has 1 saturated heterocycles. The Hall–Kier alpha value is -0.570. The maximum Gasteiger partial charge on any atom is 0.237 e. The van der Waals surface area contributed by atoms with Crippen LogP contribution in [0.2, 0.25) is 0 Å². The number of carbonyl (C=O) groups excluding carboxylic acids is 1. The molecule has 1 aliphatic heterocycles. The predicted octanol–water partition coefficient (Wildman–Crippen LogP) is 2.46. The third kappa shape index (κ3) is 1.99. The van der Waals surface area contributed by atoms with E-state index in [4.69, 9.17) is 0 Å². The zero-order chi connectivity index (χ0) is 14.0. The molecule has 1 amide bonds. The number of hydrogen-bond acceptors (Lipinski definition) is 2. The van der Waals surface area contributed by atoms with Gasteiger partial charge in [0, 0.05) is 12.1 Å². The van der Waals surface area contributed by atoms with Crippen LogP contribution in [0.5, 0.6) is 0 Å². The summed E-state index contributed by atoms with van der Waals surface area (Å²) in [5.41, 5.74) is 0. The molecule has 2 N–H and O–H groups in total. The van der Waals surface area contributed by atoms with Crippen molar-refractivity contribution in [2.45, 2.75) is 75.9 Å². The van der Waals surface area contributed by atoms with E-state index >= 15 is 0 Å². The smallest absolute Gasteiger partial charge is 0.237 e. The van der Waals surface area contributed by atoms with Crippen molar-refractivity contribution in [2.75, 3.05) is 0 Å². The molecule has 2 bridgehead atoms. The third-order valence-corrected chi connectivity index (χ3v) is 7.51. The second-order valence-electron chi connectivity index (χ2n) is 8.47. The fraction of sp³-hybridized carbons (Fsp3) is 0.944. The van der Waals surface area contributed by atoms with E-state index in [-0.39, 0.29) is 6.04 Å². The monoisotopic (exact) mass is 288 g/mol. The number of amides is 1. The molecule has 5 rings (SSSR count). The number of carbonyl (C=O) groups is 1. The highest BCUT2D eigenvalue weighted by atomic mass is 16.2. The Morgan fingerprint density at radius 1 is 0.857 bits per heavy atom. The largest absolute Gasteiger partial charge is 0.351 e. The van der Waals surface area contributed by atoms with E-state index < -0.39 is 0 Å². The van der Waals surface area contributed by atoms with E-state index in [1.165, 1.54) is 51.4 Å². The van der Waals surface area contributed by atoms with Gasteiger partial charge in [-0.1, -0.05) is 12.8 Å². The van der Waals surface area contributed by atoms with Crippen LogP contribution in [-0.2, 0) is 4.79 Å². The molecule has 7 atom stereocenters. The van der Waals surface area contributed by atoms with Gasteiger partial charge in [0.1, 0.15) is 0 Å². The quantitative estimate of drug-likeness (QED) is 0.819. The molecule has 3 heteroatoms. The minimum absolute atomic E-state index is 0.100. The Kier molecular flexibility index (Phi) is 2.90. The minimum Gasteiger partial charge on any atom is -0.351 e. The Labute approximate surface area is 127 Å². The van der Waals surface area contributed by atoms with Crippen molar-refractivity contribution in [1.29, 1.82) is 0 Å². The zero-order valence-electron chi connectivity index (χ0n) is 12.9. The van der Waals surface area contributed by atoms with Gasteiger partial charge in [0.05, 0.1) is 6.04 Å². The van der Waals surface area contributed by atoms with Crippen LogP contribution in [0.25, 0.3) is 0 Å². The van der Waals surface area contributed by atoms with Crippen molar-refractivity contribution in [3.63, 3.8) is 0 Å². The van der Waals surface area contributed by atoms with Gasteiger partial charge in [-0.2, -0.15) is 0 Å². The first-order valence-corrected chi connectivity index (χ1v) is 9.37.